The molecule has 0 fully saturated rings. The average molecular weight is 1550 g/mol. The van der Waals surface area contributed by atoms with Crippen LogP contribution in [0.15, 0.2) is 359 Å². The molecule has 0 radical (unpaired) electrons. The second kappa shape index (κ2) is 63.5. The van der Waals surface area contributed by atoms with E-state index >= 15 is 0 Å². The lowest BCUT2D eigenvalue weighted by Crippen LogP contribution is -2.06. The molecule has 0 aliphatic heterocycles. The quantitative estimate of drug-likeness (QED) is 0.0350. The van der Waals surface area contributed by atoms with Crippen LogP contribution in [0.1, 0.15) is 146 Å². The molecule has 8 nitrogen and oxygen atoms in total. The lowest BCUT2D eigenvalue weighted by molar-refractivity contribution is 0.204. The summed E-state index contributed by atoms with van der Waals surface area (Å²) < 4.78 is 0. The van der Waals surface area contributed by atoms with Crippen molar-refractivity contribution in [3.8, 4) is 94.7 Å². The summed E-state index contributed by atoms with van der Waals surface area (Å²) in [6.45, 7) is 15.3. The average Bonchev–Trinajstić information content (AvgIpc) is 0.917. The molecule has 0 heterocycles. The zero-order valence-corrected chi connectivity index (χ0v) is 67.7. The van der Waals surface area contributed by atoms with Crippen molar-refractivity contribution >= 4 is 0 Å². The Kier molecular flexibility index (Phi) is 52.3. The van der Waals surface area contributed by atoms with Crippen LogP contribution in [0.25, 0.3) is 0 Å². The Morgan fingerprint density at radius 3 is 0.744 bits per heavy atom. The SMILES string of the molecule is C=CCC(O)C#Cc1ccccc1.C=CCC(O)C#Cc1ccccc1.CC(C)CC(O)C#Cc1ccccc1.CCCC(O)C#Cc1ccccc1.CCCC(O)C#Cc1ccccc1.OC(C#Cc1ccccc1)CCc1ccccc1.OC(C#Cc1ccccc1)Cc1ccccc1.OC(C#Cc1ccccc1)c1ccccc1. The number of hydrogen-bond donors (Lipinski definition) is 8. The first-order valence-corrected chi connectivity index (χ1v) is 39.4. The first-order valence-electron chi connectivity index (χ1n) is 39.4. The summed E-state index contributed by atoms with van der Waals surface area (Å²) in [6.07, 6.45) is 6.03. The fraction of sp³-hybridized carbons (Fsp3) is 0.211. The number of aryl methyl sites for hydroxylation is 1. The van der Waals surface area contributed by atoms with E-state index in [9.17, 15) is 40.9 Å². The van der Waals surface area contributed by atoms with E-state index < -0.39 is 48.8 Å². The maximum Gasteiger partial charge on any atom is 0.140 e. The third kappa shape index (κ3) is 50.7. The van der Waals surface area contributed by atoms with Crippen LogP contribution in [0.2, 0.25) is 0 Å². The molecule has 11 aromatic carbocycles. The van der Waals surface area contributed by atoms with Crippen molar-refractivity contribution in [2.75, 3.05) is 0 Å². The van der Waals surface area contributed by atoms with E-state index in [1.807, 2.05) is 335 Å². The number of aliphatic hydroxyl groups excluding tert-OH is 8. The summed E-state index contributed by atoms with van der Waals surface area (Å²) >= 11 is 0. The van der Waals surface area contributed by atoms with Crippen molar-refractivity contribution in [1.82, 2.24) is 0 Å². The maximum absolute atomic E-state index is 9.81. The molecule has 0 aromatic heterocycles. The van der Waals surface area contributed by atoms with Gasteiger partial charge < -0.3 is 40.9 Å². The number of hydrogen-bond acceptors (Lipinski definition) is 8. The van der Waals surface area contributed by atoms with Gasteiger partial charge in [-0.2, -0.15) is 0 Å². The van der Waals surface area contributed by atoms with E-state index in [0.29, 0.717) is 31.6 Å². The summed E-state index contributed by atoms with van der Waals surface area (Å²) in [5.74, 6) is 46.4. The van der Waals surface area contributed by atoms with Crippen LogP contribution >= 0.6 is 0 Å². The zero-order valence-electron chi connectivity index (χ0n) is 67.7. The Labute approximate surface area is 698 Å². The van der Waals surface area contributed by atoms with E-state index in [4.69, 9.17) is 0 Å². The molecule has 0 spiro atoms. The van der Waals surface area contributed by atoms with Crippen molar-refractivity contribution in [1.29, 1.82) is 0 Å². The fourth-order valence-electron chi connectivity index (χ4n) is 9.75. The molecule has 117 heavy (non-hydrogen) atoms. The van der Waals surface area contributed by atoms with Gasteiger partial charge in [0.1, 0.15) is 48.8 Å². The lowest BCUT2D eigenvalue weighted by atomic mass is 10.1. The highest BCUT2D eigenvalue weighted by Crippen LogP contribution is 2.13. The monoisotopic (exact) mass is 1550 g/mol. The summed E-state index contributed by atoms with van der Waals surface area (Å²) in [4.78, 5) is 0. The number of aliphatic hydroxyl groups is 8. The molecule has 11 rings (SSSR count). The van der Waals surface area contributed by atoms with Crippen molar-refractivity contribution in [3.05, 3.63) is 420 Å². The molecular formula is C109H110O8. The maximum atomic E-state index is 9.81. The highest BCUT2D eigenvalue weighted by atomic mass is 16.3. The Morgan fingerprint density at radius 2 is 0.479 bits per heavy atom. The summed E-state index contributed by atoms with van der Waals surface area (Å²) in [7, 11) is 0. The normalized spacial score (nSPS) is 11.4. The fourth-order valence-corrected chi connectivity index (χ4v) is 9.75. The van der Waals surface area contributed by atoms with Gasteiger partial charge in [0.15, 0.2) is 0 Å². The second-order valence-electron chi connectivity index (χ2n) is 26.5. The molecule has 0 aliphatic rings. The van der Waals surface area contributed by atoms with E-state index in [-0.39, 0.29) is 0 Å². The molecular weight excluding hydrogens is 1440 g/mol. The molecule has 0 bridgehead atoms. The minimum absolute atomic E-state index is 0.481. The lowest BCUT2D eigenvalue weighted by Gasteiger charge is -2.05. The Bertz CT molecular complexity index is 4820. The van der Waals surface area contributed by atoms with E-state index in [0.717, 1.165) is 94.2 Å². The van der Waals surface area contributed by atoms with Crippen molar-refractivity contribution in [2.45, 2.75) is 141 Å². The minimum atomic E-state index is -0.721. The van der Waals surface area contributed by atoms with Crippen LogP contribution < -0.4 is 0 Å². The Morgan fingerprint density at radius 1 is 0.256 bits per heavy atom. The third-order valence-electron chi connectivity index (χ3n) is 15.8. The van der Waals surface area contributed by atoms with Gasteiger partial charge in [0, 0.05) is 63.8 Å². The molecule has 0 saturated heterocycles. The molecule has 8 heteroatoms. The van der Waals surface area contributed by atoms with Crippen molar-refractivity contribution in [2.24, 2.45) is 5.92 Å². The first kappa shape index (κ1) is 96.4. The summed E-state index contributed by atoms with van der Waals surface area (Å²) in [5.41, 5.74) is 10.7. The van der Waals surface area contributed by atoms with E-state index in [2.05, 4.69) is 134 Å². The van der Waals surface area contributed by atoms with Gasteiger partial charge in [0.2, 0.25) is 0 Å². The molecule has 8 atom stereocenters. The first-order chi connectivity index (χ1) is 57.0. The van der Waals surface area contributed by atoms with E-state index in [1.54, 1.807) is 12.2 Å². The predicted octanol–water partition coefficient (Wildman–Crippen LogP) is 19.2. The summed E-state index contributed by atoms with van der Waals surface area (Å²) in [6, 6.07) is 107. The van der Waals surface area contributed by atoms with Gasteiger partial charge in [0.05, 0.1) is 0 Å². The Balaban J connectivity index is 0.000000282. The van der Waals surface area contributed by atoms with Gasteiger partial charge in [-0.1, -0.05) is 384 Å². The van der Waals surface area contributed by atoms with Crippen molar-refractivity contribution in [3.63, 3.8) is 0 Å². The Hall–Kier alpha value is -12.9. The van der Waals surface area contributed by atoms with Crippen LogP contribution in [0, 0.1) is 101 Å². The van der Waals surface area contributed by atoms with Crippen LogP contribution in [-0.4, -0.2) is 83.6 Å². The zero-order chi connectivity index (χ0) is 84.2. The minimum Gasteiger partial charge on any atom is -0.380 e. The van der Waals surface area contributed by atoms with Crippen LogP contribution in [0.5, 0.6) is 0 Å². The van der Waals surface area contributed by atoms with Gasteiger partial charge in [-0.15, -0.1) is 13.2 Å². The van der Waals surface area contributed by atoms with Gasteiger partial charge in [0.25, 0.3) is 0 Å². The molecule has 0 amide bonds. The molecule has 0 saturated carbocycles. The molecule has 11 aromatic rings. The molecule has 8 N–H and O–H groups in total. The molecule has 0 aliphatic carbocycles. The van der Waals surface area contributed by atoms with Crippen molar-refractivity contribution < 1.29 is 40.9 Å². The predicted molar refractivity (Wildman–Crippen MR) is 484 cm³/mol. The third-order valence-corrected chi connectivity index (χ3v) is 15.8. The highest BCUT2D eigenvalue weighted by molar-refractivity contribution is 5.41. The van der Waals surface area contributed by atoms with Crippen LogP contribution in [0.3, 0.4) is 0 Å². The topological polar surface area (TPSA) is 162 Å². The van der Waals surface area contributed by atoms with Crippen LogP contribution in [-0.2, 0) is 12.8 Å². The van der Waals surface area contributed by atoms with Gasteiger partial charge >= 0.3 is 0 Å². The number of rotatable bonds is 16. The van der Waals surface area contributed by atoms with Crippen LogP contribution in [0.4, 0.5) is 0 Å². The summed E-state index contributed by atoms with van der Waals surface area (Å²) in [5, 5.41) is 76.1. The van der Waals surface area contributed by atoms with E-state index in [1.165, 1.54) is 5.56 Å². The highest BCUT2D eigenvalue weighted by Gasteiger charge is 2.05. The standard InChI is InChI=1S/C17H16O.C16H14O.C15H12O.C13H16O.2C12H14O.2C12H12O/c18-17(13-11-15-7-3-1-4-8-15)14-12-16-9-5-2-6-10-16;17-16(13-15-9-5-2-6-10-15)12-11-14-7-3-1-4-8-14;16-15(14-9-5-2-6-10-14)12-11-13-7-3-1-4-8-13;1-11(2)10-13(14)9-8-12-6-4-3-5-7-12;4*1-2-6-12(13)10-9-11-7-4-3-5-8-11/h1-10,17-18H,11,13H2;1-10,16-17H,13H2;1-10,15-16H;3-7,11,13-14H,10H2,1-2H3;2*3-5,7-8,12-13H,2,6H2,1H3;2*2-5,7-8,12-13H,1,6H2. The van der Waals surface area contributed by atoms with Gasteiger partial charge in [-0.3, -0.25) is 0 Å². The molecule has 8 unspecified atom stereocenters. The smallest absolute Gasteiger partial charge is 0.140 e. The molecule has 594 valence electrons. The largest absolute Gasteiger partial charge is 0.380 e. The second-order valence-corrected chi connectivity index (χ2v) is 26.5. The van der Waals surface area contributed by atoms with Gasteiger partial charge in [-0.25, -0.2) is 0 Å². The van der Waals surface area contributed by atoms with Gasteiger partial charge in [-0.05, 0) is 152 Å². The number of benzene rings is 11.